The maximum atomic E-state index is 15.4. The third-order valence-electron chi connectivity index (χ3n) is 6.92. The van der Waals surface area contributed by atoms with Crippen LogP contribution in [-0.2, 0) is 16.1 Å². The molecule has 0 atom stereocenters. The Morgan fingerprint density at radius 2 is 1.62 bits per heavy atom. The fourth-order valence-electron chi connectivity index (χ4n) is 4.81. The van der Waals surface area contributed by atoms with Crippen molar-refractivity contribution in [2.24, 2.45) is 5.92 Å². The van der Waals surface area contributed by atoms with Gasteiger partial charge in [-0.15, -0.1) is 0 Å². The van der Waals surface area contributed by atoms with Gasteiger partial charge in [0.2, 0.25) is 5.91 Å². The van der Waals surface area contributed by atoms with Crippen LogP contribution in [-0.4, -0.2) is 31.1 Å². The molecular weight excluding hydrogens is 467 g/mol. The van der Waals surface area contributed by atoms with Crippen LogP contribution in [0.4, 0.5) is 15.8 Å². The molecular formula is C31H33FN2O3. The highest BCUT2D eigenvalue weighted by atomic mass is 19.1. The van der Waals surface area contributed by atoms with E-state index in [1.165, 1.54) is 12.1 Å². The molecule has 0 aromatic heterocycles. The van der Waals surface area contributed by atoms with Gasteiger partial charge in [-0.1, -0.05) is 55.7 Å². The Kier molecular flexibility index (Phi) is 8.39. The zero-order chi connectivity index (χ0) is 26.4. The minimum Gasteiger partial charge on any atom is -0.478 e. The van der Waals surface area contributed by atoms with Crippen molar-refractivity contribution in [2.45, 2.75) is 38.6 Å². The Balaban J connectivity index is 1.63. The van der Waals surface area contributed by atoms with Gasteiger partial charge < -0.3 is 14.9 Å². The Hall–Kier alpha value is -3.93. The maximum absolute atomic E-state index is 15.4. The second-order valence-electron chi connectivity index (χ2n) is 9.77. The van der Waals surface area contributed by atoms with Gasteiger partial charge in [0, 0.05) is 43.0 Å². The number of anilines is 2. The summed E-state index contributed by atoms with van der Waals surface area (Å²) >= 11 is 0. The summed E-state index contributed by atoms with van der Waals surface area (Å²) in [6, 6.07) is 20.3. The van der Waals surface area contributed by atoms with Crippen molar-refractivity contribution < 1.29 is 19.1 Å². The largest absolute Gasteiger partial charge is 0.478 e. The van der Waals surface area contributed by atoms with Crippen molar-refractivity contribution in [1.29, 1.82) is 0 Å². The maximum Gasteiger partial charge on any atom is 0.328 e. The smallest absolute Gasteiger partial charge is 0.328 e. The molecule has 37 heavy (non-hydrogen) atoms. The molecule has 1 fully saturated rings. The zero-order valence-corrected chi connectivity index (χ0v) is 21.4. The van der Waals surface area contributed by atoms with E-state index in [1.54, 1.807) is 29.2 Å². The highest BCUT2D eigenvalue weighted by Crippen LogP contribution is 2.31. The summed E-state index contributed by atoms with van der Waals surface area (Å²) in [6.07, 6.45) is 7.38. The van der Waals surface area contributed by atoms with Crippen LogP contribution in [0.3, 0.4) is 0 Å². The lowest BCUT2D eigenvalue weighted by atomic mass is 9.88. The van der Waals surface area contributed by atoms with Crippen molar-refractivity contribution >= 4 is 29.3 Å². The lowest BCUT2D eigenvalue weighted by Gasteiger charge is -2.30. The van der Waals surface area contributed by atoms with Gasteiger partial charge in [-0.2, -0.15) is 0 Å². The summed E-state index contributed by atoms with van der Waals surface area (Å²) in [7, 11) is 3.95. The zero-order valence-electron chi connectivity index (χ0n) is 21.4. The third-order valence-corrected chi connectivity index (χ3v) is 6.92. The summed E-state index contributed by atoms with van der Waals surface area (Å²) in [6.45, 7) is 0.104. The second kappa shape index (κ2) is 11.9. The Morgan fingerprint density at radius 1 is 0.919 bits per heavy atom. The van der Waals surface area contributed by atoms with Crippen LogP contribution >= 0.6 is 0 Å². The summed E-state index contributed by atoms with van der Waals surface area (Å²) in [5.41, 5.74) is 4.49. The molecule has 1 saturated carbocycles. The number of carbonyl (C=O) groups is 2. The van der Waals surface area contributed by atoms with Gasteiger partial charge in [0.25, 0.3) is 0 Å². The molecule has 6 heteroatoms. The lowest BCUT2D eigenvalue weighted by Crippen LogP contribution is -2.37. The van der Waals surface area contributed by atoms with Gasteiger partial charge in [0.05, 0.1) is 6.54 Å². The van der Waals surface area contributed by atoms with E-state index in [1.807, 2.05) is 55.4 Å². The predicted molar refractivity (Wildman–Crippen MR) is 147 cm³/mol. The second-order valence-corrected chi connectivity index (χ2v) is 9.77. The average Bonchev–Trinajstić information content (AvgIpc) is 2.91. The van der Waals surface area contributed by atoms with Crippen molar-refractivity contribution in [2.75, 3.05) is 23.9 Å². The van der Waals surface area contributed by atoms with Crippen LogP contribution in [0.1, 0.15) is 43.2 Å². The van der Waals surface area contributed by atoms with Crippen LogP contribution in [0.15, 0.2) is 72.8 Å². The van der Waals surface area contributed by atoms with Crippen molar-refractivity contribution in [3.8, 4) is 11.1 Å². The molecule has 0 unspecified atom stereocenters. The number of amides is 1. The van der Waals surface area contributed by atoms with E-state index >= 15 is 4.39 Å². The molecule has 1 aliphatic carbocycles. The summed E-state index contributed by atoms with van der Waals surface area (Å²) < 4.78 is 15.4. The Labute approximate surface area is 217 Å². The number of hydrogen-bond donors (Lipinski definition) is 1. The third kappa shape index (κ3) is 6.64. The topological polar surface area (TPSA) is 60.9 Å². The highest BCUT2D eigenvalue weighted by Gasteiger charge is 2.28. The van der Waals surface area contributed by atoms with Crippen molar-refractivity contribution in [1.82, 2.24) is 0 Å². The molecule has 0 spiro atoms. The highest BCUT2D eigenvalue weighted by molar-refractivity contribution is 5.95. The lowest BCUT2D eigenvalue weighted by molar-refractivity contribution is -0.131. The number of halogens is 1. The van der Waals surface area contributed by atoms with Crippen LogP contribution in [0.5, 0.6) is 0 Å². The van der Waals surface area contributed by atoms with Gasteiger partial charge in [-0.05, 0) is 65.9 Å². The quantitative estimate of drug-likeness (QED) is 0.347. The van der Waals surface area contributed by atoms with Crippen LogP contribution in [0.25, 0.3) is 17.2 Å². The molecule has 192 valence electrons. The number of benzene rings is 3. The number of rotatable bonds is 8. The standard InChI is InChI=1S/C31H33FN2O3/c1-33(2)27-16-14-23(15-17-27)25-12-13-26(29(32)20-25)21-34(31(37)24-8-4-3-5-9-24)28-10-6-7-22(19-28)11-18-30(35)36/h6-7,10-20,24H,3-5,8-9,21H2,1-2H3,(H,35,36). The van der Waals surface area contributed by atoms with Gasteiger partial charge in [0.15, 0.2) is 0 Å². The fourth-order valence-corrected chi connectivity index (χ4v) is 4.81. The van der Waals surface area contributed by atoms with E-state index < -0.39 is 5.97 Å². The molecule has 4 rings (SSSR count). The number of aliphatic carboxylic acids is 1. The summed E-state index contributed by atoms with van der Waals surface area (Å²) in [5.74, 6) is -1.51. The molecule has 3 aromatic rings. The normalized spacial score (nSPS) is 14.0. The van der Waals surface area contributed by atoms with Crippen molar-refractivity contribution in [3.05, 3.63) is 89.8 Å². The summed E-state index contributed by atoms with van der Waals surface area (Å²) in [4.78, 5) is 28.3. The molecule has 1 N–H and O–H groups in total. The molecule has 5 nitrogen and oxygen atoms in total. The van der Waals surface area contributed by atoms with E-state index in [9.17, 15) is 9.59 Å². The first-order valence-corrected chi connectivity index (χ1v) is 12.7. The SMILES string of the molecule is CN(C)c1ccc(-c2ccc(CN(C(=O)C3CCCCC3)c3cccc(C=CC(=O)O)c3)c(F)c2)cc1. The molecule has 0 bridgehead atoms. The Morgan fingerprint density at radius 3 is 2.27 bits per heavy atom. The van der Waals surface area contributed by atoms with Crippen LogP contribution in [0.2, 0.25) is 0 Å². The minimum absolute atomic E-state index is 0.0122. The molecule has 1 aliphatic rings. The first-order valence-electron chi connectivity index (χ1n) is 12.7. The van der Waals surface area contributed by atoms with E-state index in [-0.39, 0.29) is 24.2 Å². The molecule has 0 saturated heterocycles. The average molecular weight is 501 g/mol. The monoisotopic (exact) mass is 500 g/mol. The van der Waals surface area contributed by atoms with E-state index in [4.69, 9.17) is 5.11 Å². The molecule has 0 aliphatic heterocycles. The Bertz CT molecular complexity index is 1280. The molecule has 0 radical (unpaired) electrons. The number of carboxylic acids is 1. The van der Waals surface area contributed by atoms with E-state index in [0.29, 0.717) is 16.8 Å². The van der Waals surface area contributed by atoms with E-state index in [0.717, 1.165) is 55.0 Å². The fraction of sp³-hybridized carbons (Fsp3) is 0.290. The predicted octanol–water partition coefficient (Wildman–Crippen LogP) is 6.77. The number of carbonyl (C=O) groups excluding carboxylic acids is 1. The number of hydrogen-bond acceptors (Lipinski definition) is 3. The van der Waals surface area contributed by atoms with Crippen LogP contribution < -0.4 is 9.80 Å². The minimum atomic E-state index is -1.04. The number of nitrogens with zero attached hydrogens (tertiary/aromatic N) is 2. The van der Waals surface area contributed by atoms with Crippen LogP contribution in [0, 0.1) is 11.7 Å². The molecule has 3 aromatic carbocycles. The van der Waals surface area contributed by atoms with Gasteiger partial charge in [0.1, 0.15) is 5.82 Å². The van der Waals surface area contributed by atoms with E-state index in [2.05, 4.69) is 0 Å². The van der Waals surface area contributed by atoms with Crippen molar-refractivity contribution in [3.63, 3.8) is 0 Å². The van der Waals surface area contributed by atoms with Gasteiger partial charge in [-0.25, -0.2) is 9.18 Å². The first kappa shape index (κ1) is 26.1. The number of carboxylic acid groups (broad SMARTS) is 1. The first-order chi connectivity index (χ1) is 17.8. The molecule has 1 amide bonds. The van der Waals surface area contributed by atoms with Gasteiger partial charge >= 0.3 is 5.97 Å². The molecule has 0 heterocycles. The summed E-state index contributed by atoms with van der Waals surface area (Å²) in [5, 5.41) is 8.98. The van der Waals surface area contributed by atoms with Gasteiger partial charge in [-0.3, -0.25) is 4.79 Å².